The van der Waals surface area contributed by atoms with Crippen molar-refractivity contribution in [2.75, 3.05) is 0 Å². The highest BCUT2D eigenvalue weighted by atomic mass is 14.5. The Kier molecular flexibility index (Phi) is 6.50. The maximum Gasteiger partial charge on any atom is -0.0355 e. The van der Waals surface area contributed by atoms with E-state index in [-0.39, 0.29) is 0 Å². The average molecular weight is 319 g/mol. The van der Waals surface area contributed by atoms with E-state index in [2.05, 4.69) is 20.8 Å². The molecule has 3 aliphatic rings. The Morgan fingerprint density at radius 1 is 0.739 bits per heavy atom. The van der Waals surface area contributed by atoms with Crippen LogP contribution in [-0.2, 0) is 0 Å². The smallest absolute Gasteiger partial charge is 0.0355 e. The monoisotopic (exact) mass is 318 g/mol. The second-order valence-corrected chi connectivity index (χ2v) is 9.53. The van der Waals surface area contributed by atoms with Crippen LogP contribution in [0.25, 0.3) is 0 Å². The molecule has 3 fully saturated rings. The molecule has 0 aromatic heterocycles. The molecule has 3 rings (SSSR count). The minimum absolute atomic E-state index is 0.997. The van der Waals surface area contributed by atoms with Crippen LogP contribution in [0.2, 0.25) is 0 Å². The Balaban J connectivity index is 1.60. The summed E-state index contributed by atoms with van der Waals surface area (Å²) < 4.78 is 0. The van der Waals surface area contributed by atoms with Gasteiger partial charge in [0.25, 0.3) is 0 Å². The average Bonchev–Trinajstić information content (AvgIpc) is 2.61. The van der Waals surface area contributed by atoms with Gasteiger partial charge in [0, 0.05) is 0 Å². The summed E-state index contributed by atoms with van der Waals surface area (Å²) in [4.78, 5) is 0. The van der Waals surface area contributed by atoms with E-state index in [4.69, 9.17) is 0 Å². The third kappa shape index (κ3) is 4.16. The molecular weight excluding hydrogens is 276 g/mol. The molecule has 3 saturated carbocycles. The largest absolute Gasteiger partial charge is 0.0651 e. The molecule has 0 bridgehead atoms. The summed E-state index contributed by atoms with van der Waals surface area (Å²) in [6.45, 7) is 7.41. The van der Waals surface area contributed by atoms with Gasteiger partial charge in [-0.15, -0.1) is 0 Å². The number of rotatable bonds is 5. The zero-order chi connectivity index (χ0) is 16.2. The molecule has 0 N–H and O–H groups in total. The van der Waals surface area contributed by atoms with Gasteiger partial charge in [-0.25, -0.2) is 0 Å². The van der Waals surface area contributed by atoms with Crippen molar-refractivity contribution < 1.29 is 0 Å². The zero-order valence-corrected chi connectivity index (χ0v) is 16.2. The Morgan fingerprint density at radius 2 is 1.43 bits per heavy atom. The van der Waals surface area contributed by atoms with Gasteiger partial charge in [-0.05, 0) is 73.5 Å². The van der Waals surface area contributed by atoms with Crippen LogP contribution >= 0.6 is 0 Å². The van der Waals surface area contributed by atoms with Gasteiger partial charge in [0.05, 0.1) is 0 Å². The maximum absolute atomic E-state index is 2.58. The van der Waals surface area contributed by atoms with Crippen molar-refractivity contribution in [3.8, 4) is 0 Å². The predicted octanol–water partition coefficient (Wildman–Crippen LogP) is 7.47. The fraction of sp³-hybridized carbons (Fsp3) is 1.00. The highest BCUT2D eigenvalue weighted by Crippen LogP contribution is 2.52. The summed E-state index contributed by atoms with van der Waals surface area (Å²) in [5, 5.41) is 0. The van der Waals surface area contributed by atoms with Gasteiger partial charge in [0.2, 0.25) is 0 Å². The minimum atomic E-state index is 0.997. The minimum Gasteiger partial charge on any atom is -0.0651 e. The Bertz CT molecular complexity index is 336. The van der Waals surface area contributed by atoms with Crippen LogP contribution in [0.3, 0.4) is 0 Å². The van der Waals surface area contributed by atoms with Gasteiger partial charge in [0.1, 0.15) is 0 Å². The molecule has 0 amide bonds. The molecule has 0 aromatic carbocycles. The van der Waals surface area contributed by atoms with Crippen LogP contribution in [0.5, 0.6) is 0 Å². The third-order valence-electron chi connectivity index (χ3n) is 8.43. The van der Waals surface area contributed by atoms with Crippen LogP contribution in [-0.4, -0.2) is 0 Å². The second kappa shape index (κ2) is 8.39. The Morgan fingerprint density at radius 3 is 2.13 bits per heavy atom. The highest BCUT2D eigenvalue weighted by molar-refractivity contribution is 4.92. The zero-order valence-electron chi connectivity index (χ0n) is 16.2. The fourth-order valence-electron chi connectivity index (χ4n) is 6.78. The molecule has 3 aliphatic carbocycles. The van der Waals surface area contributed by atoms with Gasteiger partial charge < -0.3 is 0 Å². The summed E-state index contributed by atoms with van der Waals surface area (Å²) in [6, 6.07) is 0. The lowest BCUT2D eigenvalue weighted by atomic mass is 9.56. The van der Waals surface area contributed by atoms with Gasteiger partial charge in [-0.2, -0.15) is 0 Å². The molecule has 0 aromatic rings. The SMILES string of the molecule is CCC(CC)CC1C(C)CCC2CC(C3CCCCC3)CCC21. The van der Waals surface area contributed by atoms with Gasteiger partial charge in [-0.3, -0.25) is 0 Å². The molecule has 0 saturated heterocycles. The highest BCUT2D eigenvalue weighted by Gasteiger charge is 2.42. The van der Waals surface area contributed by atoms with Gasteiger partial charge in [-0.1, -0.05) is 72.1 Å². The number of hydrogen-bond donors (Lipinski definition) is 0. The first kappa shape index (κ1) is 17.8. The van der Waals surface area contributed by atoms with Crippen molar-refractivity contribution in [2.24, 2.45) is 41.4 Å². The van der Waals surface area contributed by atoms with Gasteiger partial charge in [0.15, 0.2) is 0 Å². The maximum atomic E-state index is 2.58. The summed E-state index contributed by atoms with van der Waals surface area (Å²) in [5.74, 6) is 7.48. The van der Waals surface area contributed by atoms with E-state index in [0.29, 0.717) is 0 Å². The van der Waals surface area contributed by atoms with Crippen LogP contribution in [0.15, 0.2) is 0 Å². The molecule has 23 heavy (non-hydrogen) atoms. The summed E-state index contributed by atoms with van der Waals surface area (Å²) in [7, 11) is 0. The van der Waals surface area contributed by atoms with E-state index in [1.165, 1.54) is 38.5 Å². The van der Waals surface area contributed by atoms with E-state index in [1.807, 2.05) is 0 Å². The van der Waals surface area contributed by atoms with Gasteiger partial charge >= 0.3 is 0 Å². The van der Waals surface area contributed by atoms with Crippen LogP contribution in [0.4, 0.5) is 0 Å². The number of fused-ring (bicyclic) bond motifs is 1. The molecule has 0 radical (unpaired) electrons. The quantitative estimate of drug-likeness (QED) is 0.493. The van der Waals surface area contributed by atoms with Crippen molar-refractivity contribution in [3.05, 3.63) is 0 Å². The molecule has 0 spiro atoms. The van der Waals surface area contributed by atoms with E-state index in [9.17, 15) is 0 Å². The first-order valence-corrected chi connectivity index (χ1v) is 11.2. The lowest BCUT2D eigenvalue weighted by Crippen LogP contribution is -2.40. The first-order valence-electron chi connectivity index (χ1n) is 11.2. The molecule has 0 heteroatoms. The van der Waals surface area contributed by atoms with Crippen molar-refractivity contribution in [1.29, 1.82) is 0 Å². The molecule has 0 aliphatic heterocycles. The van der Waals surface area contributed by atoms with Crippen LogP contribution in [0, 0.1) is 41.4 Å². The Labute approximate surface area is 146 Å². The second-order valence-electron chi connectivity index (χ2n) is 9.53. The summed E-state index contributed by atoms with van der Waals surface area (Å²) in [5.41, 5.74) is 0. The standard InChI is InChI=1S/C23H42/c1-4-18(5-2)15-23-17(3)11-12-21-16-20(13-14-22(21)23)19-9-7-6-8-10-19/h17-23H,4-16H2,1-3H3. The van der Waals surface area contributed by atoms with Crippen molar-refractivity contribution in [2.45, 2.75) is 104 Å². The molecule has 5 atom stereocenters. The van der Waals surface area contributed by atoms with Crippen molar-refractivity contribution in [1.82, 2.24) is 0 Å². The summed E-state index contributed by atoms with van der Waals surface area (Å²) in [6.07, 6.45) is 19.9. The Hall–Kier alpha value is 0. The van der Waals surface area contributed by atoms with E-state index in [1.54, 1.807) is 44.9 Å². The van der Waals surface area contributed by atoms with Crippen molar-refractivity contribution in [3.63, 3.8) is 0 Å². The van der Waals surface area contributed by atoms with E-state index in [0.717, 1.165) is 41.4 Å². The predicted molar refractivity (Wildman–Crippen MR) is 101 cm³/mol. The first-order chi connectivity index (χ1) is 11.2. The third-order valence-corrected chi connectivity index (χ3v) is 8.43. The molecule has 134 valence electrons. The lowest BCUT2D eigenvalue weighted by Gasteiger charge is -2.49. The normalized spacial score (nSPS) is 39.4. The summed E-state index contributed by atoms with van der Waals surface area (Å²) >= 11 is 0. The van der Waals surface area contributed by atoms with E-state index >= 15 is 0 Å². The fourth-order valence-corrected chi connectivity index (χ4v) is 6.78. The molecular formula is C23H42. The molecule has 0 nitrogen and oxygen atoms in total. The van der Waals surface area contributed by atoms with Crippen LogP contribution < -0.4 is 0 Å². The number of hydrogen-bond acceptors (Lipinski definition) is 0. The van der Waals surface area contributed by atoms with Crippen molar-refractivity contribution >= 4 is 0 Å². The topological polar surface area (TPSA) is 0 Å². The lowest BCUT2D eigenvalue weighted by molar-refractivity contribution is 0.00989. The molecule has 0 heterocycles. The van der Waals surface area contributed by atoms with Crippen LogP contribution in [0.1, 0.15) is 104 Å². The molecule has 5 unspecified atom stereocenters. The van der Waals surface area contributed by atoms with E-state index < -0.39 is 0 Å².